The number of rotatable bonds is 44. The number of carbonyl (C=O) groups excluding carboxylic acids is 2. The van der Waals surface area contributed by atoms with Crippen molar-refractivity contribution in [2.75, 3.05) is 26.4 Å². The second-order valence-electron chi connectivity index (χ2n) is 28.0. The molecular formula is C92H128O12. The van der Waals surface area contributed by atoms with Crippen molar-refractivity contribution in [3.8, 4) is 95.0 Å². The first kappa shape index (κ1) is 93.3. The average molecular weight is 1430 g/mol. The predicted octanol–water partition coefficient (Wildman–Crippen LogP) is 23.5. The second kappa shape index (κ2) is 54.0. The minimum absolute atomic E-state index is 0. The Morgan fingerprint density at radius 2 is 0.529 bits per heavy atom. The van der Waals surface area contributed by atoms with Crippen molar-refractivity contribution < 1.29 is 57.8 Å². The zero-order valence-corrected chi connectivity index (χ0v) is 64.2. The van der Waals surface area contributed by atoms with Crippen LogP contribution in [0.3, 0.4) is 0 Å². The van der Waals surface area contributed by atoms with Crippen LogP contribution in [0.1, 0.15) is 389 Å². The molecule has 0 radical (unpaired) electrons. The smallest absolute Gasteiger partial charge is 0.339 e. The van der Waals surface area contributed by atoms with Crippen LogP contribution >= 0.6 is 0 Å². The first-order valence-corrected chi connectivity index (χ1v) is 38.1. The van der Waals surface area contributed by atoms with Crippen molar-refractivity contribution in [3.63, 3.8) is 0 Å². The van der Waals surface area contributed by atoms with Crippen LogP contribution in [0.2, 0.25) is 0 Å². The molecule has 104 heavy (non-hydrogen) atoms. The summed E-state index contributed by atoms with van der Waals surface area (Å²) in [5.74, 6) is 27.5. The molecule has 0 aliphatic carbocycles. The van der Waals surface area contributed by atoms with Gasteiger partial charge < -0.3 is 38.6 Å². The van der Waals surface area contributed by atoms with Crippen LogP contribution in [0.25, 0.3) is 0 Å². The first-order chi connectivity index (χ1) is 49.1. The van der Waals surface area contributed by atoms with E-state index in [0.29, 0.717) is 82.8 Å². The fraction of sp³-hybridized carbons (Fsp3) is 0.565. The van der Waals surface area contributed by atoms with Gasteiger partial charge in [-0.25, -0.2) is 19.2 Å². The normalized spacial score (nSPS) is 10.5. The summed E-state index contributed by atoms with van der Waals surface area (Å²) in [6, 6.07) is 12.8. The summed E-state index contributed by atoms with van der Waals surface area (Å²) >= 11 is 0. The van der Waals surface area contributed by atoms with Crippen molar-refractivity contribution in [1.82, 2.24) is 0 Å². The van der Waals surface area contributed by atoms with Gasteiger partial charge in [-0.3, -0.25) is 0 Å². The van der Waals surface area contributed by atoms with E-state index < -0.39 is 35.1 Å². The lowest BCUT2D eigenvalue weighted by Crippen LogP contribution is -2.26. The molecule has 0 amide bonds. The van der Waals surface area contributed by atoms with Gasteiger partial charge in [0.15, 0.2) is 0 Å². The Hall–Kier alpha value is -8.68. The van der Waals surface area contributed by atoms with Gasteiger partial charge in [0.05, 0.1) is 70.9 Å². The fourth-order valence-corrected chi connectivity index (χ4v) is 11.2. The van der Waals surface area contributed by atoms with E-state index in [9.17, 15) is 29.4 Å². The molecule has 0 aliphatic heterocycles. The number of benzene rings is 4. The molecule has 4 rings (SSSR count). The third-order valence-corrected chi connectivity index (χ3v) is 16.7. The second-order valence-corrected chi connectivity index (χ2v) is 28.0. The quantitative estimate of drug-likeness (QED) is 0.0245. The van der Waals surface area contributed by atoms with E-state index in [1.165, 1.54) is 160 Å². The van der Waals surface area contributed by atoms with Gasteiger partial charge in [-0.1, -0.05) is 270 Å². The van der Waals surface area contributed by atoms with Gasteiger partial charge in [0.1, 0.15) is 34.2 Å². The minimum Gasteiger partial charge on any atom is -0.492 e. The number of hydrogen-bond donors (Lipinski definition) is 2. The summed E-state index contributed by atoms with van der Waals surface area (Å²) in [5.41, 5.74) is 1.70. The summed E-state index contributed by atoms with van der Waals surface area (Å²) < 4.78 is 36.4. The minimum atomic E-state index is -1.23. The Morgan fingerprint density at radius 1 is 0.317 bits per heavy atom. The summed E-state index contributed by atoms with van der Waals surface area (Å²) in [7, 11) is 0. The summed E-state index contributed by atoms with van der Waals surface area (Å²) in [4.78, 5) is 51.1. The number of ether oxygens (including phenoxy) is 6. The Balaban J connectivity index is 0.00000103. The maximum Gasteiger partial charge on any atom is 0.339 e. The lowest BCUT2D eigenvalue weighted by atomic mass is 9.97. The van der Waals surface area contributed by atoms with Gasteiger partial charge in [-0.2, -0.15) is 0 Å². The van der Waals surface area contributed by atoms with Crippen LogP contribution in [0.4, 0.5) is 0 Å². The van der Waals surface area contributed by atoms with Gasteiger partial charge in [0.25, 0.3) is 0 Å². The zero-order valence-electron chi connectivity index (χ0n) is 64.2. The van der Waals surface area contributed by atoms with Crippen molar-refractivity contribution in [3.05, 3.63) is 115 Å². The molecule has 0 saturated carbocycles. The van der Waals surface area contributed by atoms with Gasteiger partial charge in [-0.05, 0) is 105 Å². The van der Waals surface area contributed by atoms with Crippen LogP contribution in [-0.2, 0) is 9.47 Å². The number of esters is 2. The number of aromatic carboxylic acids is 2. The standard InChI is InChI=1S/C49H68O6.C41H52O6.2CH4/c1-11-15-17-19-21-23-25-27-32-52-44-37-41(45(36-38(44)14-4)53-33-28-26-24-22-20-18-16-12-2)31-30-40-35-42(46(50)54-48(5,6)7)39(29-13-3)34-43(40)47(51)55-49(8,9)10;1-5-9-11-13-15-17-19-21-26-46-38-31-35(39(30-32(38)8-4)47-27-22-20-18-16-14-12-10-6-2)25-24-34-29-36(40(42)43)33(23-7-3)28-37(34)41(44)45;;/h4,34-37H,11-12,15-28,32-33H2,1-3,5-10H3;4,28-31H,5-6,9-22,26-27H2,1-3H3,(H,42,43)(H,44,45);2*1H4. The molecule has 0 saturated heterocycles. The van der Waals surface area contributed by atoms with Crippen LogP contribution in [0, 0.1) is 72.1 Å². The van der Waals surface area contributed by atoms with E-state index in [1.54, 1.807) is 79.7 Å². The maximum absolute atomic E-state index is 13.6. The van der Waals surface area contributed by atoms with E-state index >= 15 is 0 Å². The molecule has 0 unspecified atom stereocenters. The lowest BCUT2D eigenvalue weighted by molar-refractivity contribution is 0.00512. The Kier molecular flexibility index (Phi) is 48.5. The maximum atomic E-state index is 13.6. The van der Waals surface area contributed by atoms with Crippen LogP contribution in [-0.4, -0.2) is 71.7 Å². The van der Waals surface area contributed by atoms with Gasteiger partial charge in [0.2, 0.25) is 0 Å². The highest BCUT2D eigenvalue weighted by Crippen LogP contribution is 2.32. The zero-order chi connectivity index (χ0) is 75.0. The molecule has 0 atom stereocenters. The van der Waals surface area contributed by atoms with Crippen molar-refractivity contribution in [1.29, 1.82) is 0 Å². The molecular weight excluding hydrogens is 1300 g/mol. The molecule has 4 aromatic rings. The summed E-state index contributed by atoms with van der Waals surface area (Å²) in [6.45, 7) is 25.0. The molecule has 0 fully saturated rings. The Morgan fingerprint density at radius 3 is 0.779 bits per heavy atom. The topological polar surface area (TPSA) is 164 Å². The predicted molar refractivity (Wildman–Crippen MR) is 429 cm³/mol. The highest BCUT2D eigenvalue weighted by Gasteiger charge is 2.27. The van der Waals surface area contributed by atoms with E-state index in [1.807, 2.05) is 12.1 Å². The van der Waals surface area contributed by atoms with E-state index in [4.69, 9.17) is 41.3 Å². The average Bonchev–Trinajstić information content (AvgIpc) is 0.808. The van der Waals surface area contributed by atoms with E-state index in [2.05, 4.69) is 86.9 Å². The third kappa shape index (κ3) is 37.7. The van der Waals surface area contributed by atoms with Crippen LogP contribution < -0.4 is 18.9 Å². The SMILES string of the molecule is C.C.C#Cc1cc(OCCCCCCCCCC)c(C#Cc2cc(C(=O)O)c(C#CC)cc2C(=O)O)cc1OCCCCCCCCCC.C#Cc1cc(OCCCCCCCCCC)c(C#Cc2cc(C(=O)OC(C)(C)C)c(C#CC)cc2C(=O)OC(C)(C)C)cc1OCCCCCCCCCC. The van der Waals surface area contributed by atoms with E-state index in [0.717, 1.165) is 57.8 Å². The van der Waals surface area contributed by atoms with Gasteiger partial charge in [-0.15, -0.1) is 24.7 Å². The lowest BCUT2D eigenvalue weighted by Gasteiger charge is -2.22. The first-order valence-electron chi connectivity index (χ1n) is 38.1. The fourth-order valence-electron chi connectivity index (χ4n) is 11.2. The van der Waals surface area contributed by atoms with E-state index in [-0.39, 0.29) is 48.2 Å². The number of hydrogen-bond acceptors (Lipinski definition) is 10. The molecule has 2 N–H and O–H groups in total. The van der Waals surface area contributed by atoms with Crippen molar-refractivity contribution >= 4 is 23.9 Å². The molecule has 0 aromatic heterocycles. The van der Waals surface area contributed by atoms with Crippen LogP contribution in [0.5, 0.6) is 23.0 Å². The molecule has 0 aliphatic rings. The molecule has 568 valence electrons. The van der Waals surface area contributed by atoms with Crippen molar-refractivity contribution in [2.24, 2.45) is 0 Å². The molecule has 12 nitrogen and oxygen atoms in total. The summed E-state index contributed by atoms with van der Waals surface area (Å²) in [6.07, 6.45) is 49.8. The van der Waals surface area contributed by atoms with Gasteiger partial charge in [0, 0.05) is 46.5 Å². The monoisotopic (exact) mass is 1420 g/mol. The third-order valence-electron chi connectivity index (χ3n) is 16.7. The molecule has 0 spiro atoms. The number of carboxylic acids is 2. The number of unbranched alkanes of at least 4 members (excludes halogenated alkanes) is 28. The molecule has 0 heterocycles. The molecule has 4 aromatic carbocycles. The molecule has 12 heteroatoms. The number of carbonyl (C=O) groups is 4. The highest BCUT2D eigenvalue weighted by molar-refractivity contribution is 5.99. The highest BCUT2D eigenvalue weighted by atomic mass is 16.6. The Labute approximate surface area is 629 Å². The van der Waals surface area contributed by atoms with Gasteiger partial charge >= 0.3 is 23.9 Å². The number of carboxylic acid groups (broad SMARTS) is 2. The van der Waals surface area contributed by atoms with Crippen LogP contribution in [0.15, 0.2) is 48.5 Å². The van der Waals surface area contributed by atoms with Crippen molar-refractivity contribution in [2.45, 2.75) is 315 Å². The number of terminal acetylenes is 2. The largest absolute Gasteiger partial charge is 0.492 e. The summed E-state index contributed by atoms with van der Waals surface area (Å²) in [5, 5.41) is 19.6. The Bertz CT molecular complexity index is 3600. The molecule has 0 bridgehead atoms.